The molecule has 0 spiro atoms. The molecule has 13 heteroatoms. The van der Waals surface area contributed by atoms with Crippen LogP contribution >= 0.6 is 11.8 Å². The van der Waals surface area contributed by atoms with E-state index in [-0.39, 0.29) is 12.8 Å². The van der Waals surface area contributed by atoms with Crippen LogP contribution in [0, 0.1) is 0 Å². The van der Waals surface area contributed by atoms with Crippen molar-refractivity contribution in [3.63, 3.8) is 0 Å². The number of carboxylic acids is 1. The van der Waals surface area contributed by atoms with Crippen LogP contribution in [-0.2, 0) is 25.6 Å². The van der Waals surface area contributed by atoms with E-state index in [0.29, 0.717) is 11.3 Å². The quantitative estimate of drug-likeness (QED) is 0.150. The zero-order valence-corrected chi connectivity index (χ0v) is 21.7. The molecule has 1 heterocycles. The normalized spacial score (nSPS) is 16.2. The standard InChI is InChI=1S/C24H35N5O7S/c1-12(30)19(25)22(33)28-18(10-14-11-26-16-7-5-4-6-15(14)16)21(32)29-20(13(2)31)23(34)27-17(24(35)36)8-9-37-3/h4-7,11-13,17-20,26,30-31H,8-10,25H2,1-3H3,(H,27,34)(H,28,33)(H,29,32)(H,35,36). The van der Waals surface area contributed by atoms with Crippen LogP contribution in [0.5, 0.6) is 0 Å². The largest absolute Gasteiger partial charge is 0.480 e. The highest BCUT2D eigenvalue weighted by Crippen LogP contribution is 2.19. The minimum atomic E-state index is -1.49. The Bertz CT molecular complexity index is 1090. The van der Waals surface area contributed by atoms with Crippen LogP contribution in [0.15, 0.2) is 30.5 Å². The van der Waals surface area contributed by atoms with Gasteiger partial charge >= 0.3 is 5.97 Å². The number of rotatable bonds is 14. The van der Waals surface area contributed by atoms with Crippen molar-refractivity contribution in [2.75, 3.05) is 12.0 Å². The van der Waals surface area contributed by atoms with E-state index in [1.54, 1.807) is 12.5 Å². The lowest BCUT2D eigenvalue weighted by atomic mass is 10.0. The second-order valence-electron chi connectivity index (χ2n) is 8.80. The second kappa shape index (κ2) is 14.0. The van der Waals surface area contributed by atoms with E-state index < -0.39 is 60.1 Å². The molecule has 9 N–H and O–H groups in total. The highest BCUT2D eigenvalue weighted by atomic mass is 32.2. The first-order valence-corrected chi connectivity index (χ1v) is 13.1. The molecule has 6 unspecified atom stereocenters. The zero-order chi connectivity index (χ0) is 27.7. The van der Waals surface area contributed by atoms with Crippen molar-refractivity contribution >= 4 is 46.4 Å². The van der Waals surface area contributed by atoms with Crippen LogP contribution in [-0.4, -0.2) is 92.4 Å². The van der Waals surface area contributed by atoms with E-state index in [4.69, 9.17) is 5.73 Å². The summed E-state index contributed by atoms with van der Waals surface area (Å²) in [7, 11) is 0. The van der Waals surface area contributed by atoms with Crippen molar-refractivity contribution in [3.05, 3.63) is 36.0 Å². The van der Waals surface area contributed by atoms with Crippen molar-refractivity contribution in [2.45, 2.75) is 63.1 Å². The lowest BCUT2D eigenvalue weighted by Crippen LogP contribution is -2.60. The highest BCUT2D eigenvalue weighted by molar-refractivity contribution is 7.98. The summed E-state index contributed by atoms with van der Waals surface area (Å²) in [5.41, 5.74) is 7.24. The third-order valence-electron chi connectivity index (χ3n) is 5.84. The Morgan fingerprint density at radius 2 is 1.62 bits per heavy atom. The van der Waals surface area contributed by atoms with E-state index in [1.807, 2.05) is 24.3 Å². The number of carbonyl (C=O) groups excluding carboxylic acids is 3. The van der Waals surface area contributed by atoms with Gasteiger partial charge in [-0.05, 0) is 43.9 Å². The van der Waals surface area contributed by atoms with Gasteiger partial charge in [0.25, 0.3) is 0 Å². The molecule has 0 aliphatic carbocycles. The van der Waals surface area contributed by atoms with Crippen molar-refractivity contribution < 1.29 is 34.5 Å². The van der Waals surface area contributed by atoms with Crippen LogP contribution in [0.3, 0.4) is 0 Å². The Kier molecular flexibility index (Phi) is 11.4. The van der Waals surface area contributed by atoms with Gasteiger partial charge in [0.15, 0.2) is 0 Å². The molecule has 2 rings (SSSR count). The lowest BCUT2D eigenvalue weighted by molar-refractivity contribution is -0.143. The van der Waals surface area contributed by atoms with E-state index in [0.717, 1.165) is 10.9 Å². The Balaban J connectivity index is 2.27. The monoisotopic (exact) mass is 537 g/mol. The number of nitrogens with one attached hydrogen (secondary N) is 4. The molecule has 0 saturated heterocycles. The van der Waals surface area contributed by atoms with Crippen molar-refractivity contribution in [1.29, 1.82) is 0 Å². The Morgan fingerprint density at radius 1 is 0.973 bits per heavy atom. The number of aromatic nitrogens is 1. The molecule has 1 aromatic heterocycles. The maximum Gasteiger partial charge on any atom is 0.326 e. The van der Waals surface area contributed by atoms with E-state index >= 15 is 0 Å². The third-order valence-corrected chi connectivity index (χ3v) is 6.49. The van der Waals surface area contributed by atoms with Crippen LogP contribution in [0.2, 0.25) is 0 Å². The van der Waals surface area contributed by atoms with Gasteiger partial charge < -0.3 is 42.0 Å². The molecule has 0 bridgehead atoms. The molecule has 6 atom stereocenters. The van der Waals surface area contributed by atoms with E-state index in [9.17, 15) is 34.5 Å². The summed E-state index contributed by atoms with van der Waals surface area (Å²) >= 11 is 1.41. The van der Waals surface area contributed by atoms with E-state index in [1.165, 1.54) is 25.6 Å². The number of aliphatic hydroxyl groups excluding tert-OH is 2. The number of nitrogens with two attached hydrogens (primary N) is 1. The molecular formula is C24H35N5O7S. The number of benzene rings is 1. The van der Waals surface area contributed by atoms with E-state index in [2.05, 4.69) is 20.9 Å². The number of hydrogen-bond acceptors (Lipinski definition) is 8. The number of carboxylic acid groups (broad SMARTS) is 1. The van der Waals surface area contributed by atoms with Crippen LogP contribution < -0.4 is 21.7 Å². The van der Waals surface area contributed by atoms with Gasteiger partial charge in [-0.3, -0.25) is 14.4 Å². The molecule has 2 aromatic rings. The predicted octanol–water partition coefficient (Wildman–Crippen LogP) is -0.909. The third kappa shape index (κ3) is 8.45. The SMILES string of the molecule is CSCCC(NC(=O)C(NC(=O)C(Cc1c[nH]c2ccccc12)NC(=O)C(N)C(C)O)C(C)O)C(=O)O. The van der Waals surface area contributed by atoms with Gasteiger partial charge in [0.2, 0.25) is 17.7 Å². The smallest absolute Gasteiger partial charge is 0.326 e. The van der Waals surface area contributed by atoms with Gasteiger partial charge in [-0.15, -0.1) is 0 Å². The molecule has 37 heavy (non-hydrogen) atoms. The zero-order valence-electron chi connectivity index (χ0n) is 20.9. The molecule has 3 amide bonds. The van der Waals surface area contributed by atoms with Crippen LogP contribution in [0.25, 0.3) is 10.9 Å². The fourth-order valence-electron chi connectivity index (χ4n) is 3.63. The Labute approximate surface area is 218 Å². The number of fused-ring (bicyclic) bond motifs is 1. The highest BCUT2D eigenvalue weighted by Gasteiger charge is 2.33. The summed E-state index contributed by atoms with van der Waals surface area (Å²) < 4.78 is 0. The number of amides is 3. The summed E-state index contributed by atoms with van der Waals surface area (Å²) in [4.78, 5) is 53.3. The topological polar surface area (TPSA) is 207 Å². The fraction of sp³-hybridized carbons (Fsp3) is 0.500. The molecule has 1 aromatic carbocycles. The average molecular weight is 538 g/mol. The average Bonchev–Trinajstić information content (AvgIpc) is 3.26. The first-order valence-electron chi connectivity index (χ1n) is 11.8. The summed E-state index contributed by atoms with van der Waals surface area (Å²) in [6, 6.07) is 2.12. The summed E-state index contributed by atoms with van der Waals surface area (Å²) in [6.45, 7) is 2.61. The number of para-hydroxylation sites is 1. The number of aliphatic hydroxyl groups is 2. The number of H-pyrrole nitrogens is 1. The molecule has 0 saturated carbocycles. The molecule has 0 aliphatic heterocycles. The summed E-state index contributed by atoms with van der Waals surface area (Å²) in [5.74, 6) is -3.22. The minimum Gasteiger partial charge on any atom is -0.480 e. The molecule has 0 fully saturated rings. The first-order chi connectivity index (χ1) is 17.5. The number of aliphatic carboxylic acids is 1. The Hall–Kier alpha value is -3.13. The first kappa shape index (κ1) is 30.1. The van der Waals surface area contributed by atoms with Gasteiger partial charge in [-0.25, -0.2) is 4.79 Å². The second-order valence-corrected chi connectivity index (χ2v) is 9.78. The number of aromatic amines is 1. The van der Waals surface area contributed by atoms with Gasteiger partial charge in [0.05, 0.1) is 12.2 Å². The fourth-order valence-corrected chi connectivity index (χ4v) is 4.10. The van der Waals surface area contributed by atoms with Crippen LogP contribution in [0.4, 0.5) is 0 Å². The van der Waals surface area contributed by atoms with Gasteiger partial charge in [0, 0.05) is 23.5 Å². The molecule has 0 radical (unpaired) electrons. The van der Waals surface area contributed by atoms with Gasteiger partial charge in [0.1, 0.15) is 24.2 Å². The molecule has 12 nitrogen and oxygen atoms in total. The minimum absolute atomic E-state index is 0.00768. The van der Waals surface area contributed by atoms with Crippen molar-refractivity contribution in [1.82, 2.24) is 20.9 Å². The predicted molar refractivity (Wildman–Crippen MR) is 140 cm³/mol. The van der Waals surface area contributed by atoms with Crippen LogP contribution in [0.1, 0.15) is 25.8 Å². The van der Waals surface area contributed by atoms with Gasteiger partial charge in [-0.1, -0.05) is 18.2 Å². The molecular weight excluding hydrogens is 502 g/mol. The van der Waals surface area contributed by atoms with Crippen molar-refractivity contribution in [2.24, 2.45) is 5.73 Å². The number of thioether (sulfide) groups is 1. The Morgan fingerprint density at radius 3 is 2.22 bits per heavy atom. The summed E-state index contributed by atoms with van der Waals surface area (Å²) in [5, 5.41) is 37.4. The number of carbonyl (C=O) groups is 4. The lowest BCUT2D eigenvalue weighted by Gasteiger charge is -2.27. The maximum atomic E-state index is 13.3. The molecule has 0 aliphatic rings. The van der Waals surface area contributed by atoms with Crippen molar-refractivity contribution in [3.8, 4) is 0 Å². The summed E-state index contributed by atoms with van der Waals surface area (Å²) in [6.07, 6.45) is 1.09. The van der Waals surface area contributed by atoms with Gasteiger partial charge in [-0.2, -0.15) is 11.8 Å². The maximum absolute atomic E-state index is 13.3. The number of hydrogen-bond donors (Lipinski definition) is 8. The molecule has 204 valence electrons.